The molecule has 0 nitrogen and oxygen atoms in total. The second-order valence-electron chi connectivity index (χ2n) is 28.8. The van der Waals surface area contributed by atoms with Crippen LogP contribution in [0, 0.1) is 29.4 Å². The van der Waals surface area contributed by atoms with Crippen molar-refractivity contribution in [1.29, 1.82) is 0 Å². The molecule has 8 heteroatoms. The van der Waals surface area contributed by atoms with Crippen molar-refractivity contribution in [1.82, 2.24) is 0 Å². The van der Waals surface area contributed by atoms with Crippen LogP contribution in [0.5, 0.6) is 0 Å². The Hall–Kier alpha value is -3.89. The summed E-state index contributed by atoms with van der Waals surface area (Å²) in [5.74, 6) is 2.38. The van der Waals surface area contributed by atoms with Crippen molar-refractivity contribution in [2.75, 3.05) is 5.75 Å². The van der Waals surface area contributed by atoms with Crippen molar-refractivity contribution in [3.63, 3.8) is 0 Å². The predicted molar refractivity (Wildman–Crippen MR) is 409 cm³/mol. The highest BCUT2D eigenvalue weighted by Crippen LogP contribution is 2.79. The number of unbranched alkanes of at least 4 members (excludes halogenated alkanes) is 11. The number of hydrogen-bond acceptors (Lipinski definition) is 6. The van der Waals surface area contributed by atoms with Crippen LogP contribution >= 0.6 is 69.3 Å². The number of benzene rings is 5. The molecular formula is C86H104F2S6. The molecule has 0 radical (unpaired) electrons. The van der Waals surface area contributed by atoms with Crippen LogP contribution in [0.4, 0.5) is 8.78 Å². The molecule has 2 fully saturated rings. The Morgan fingerprint density at radius 1 is 0.479 bits per heavy atom. The third kappa shape index (κ3) is 12.8. The van der Waals surface area contributed by atoms with E-state index in [1.165, 1.54) is 171 Å². The Balaban J connectivity index is 1.11. The standard InChI is InChI=1S/C86H104F2S6/c1-8-15-20-24-31-58-36-42-62(43-37-58)85(61-34-27-23-28-35-61)65-48-50-89-79(65)83-77(85)75-73(71-54-67(87)69(91-71)52-56(13-6)29-18-11-4)82-76(74(81(75)93-83)72-55-68(88)70(92-72)53-57(14-7)30-19-12-5)78-84(94-82)80-66(49-51-90-80)86(78,63-44-38-59(39-45-63)32-25-21-16-9-2)64-46-40-60(41-47-64)33-26-22-17-10-3/h23,27-28,34-48,50,54-57,66,77-78,80,83-84H,8-22,24-26,29-33,49,51-53H2,1-7H3. The van der Waals surface area contributed by atoms with E-state index in [4.69, 9.17) is 0 Å². The van der Waals surface area contributed by atoms with Gasteiger partial charge in [-0.05, 0) is 161 Å². The van der Waals surface area contributed by atoms with E-state index < -0.39 is 5.41 Å². The molecule has 2 aliphatic carbocycles. The number of thiophene rings is 3. The largest absolute Gasteiger partial charge is 0.206 e. The van der Waals surface area contributed by atoms with E-state index in [1.54, 1.807) is 22.7 Å². The van der Waals surface area contributed by atoms with Gasteiger partial charge in [-0.2, -0.15) is 11.8 Å². The van der Waals surface area contributed by atoms with Gasteiger partial charge in [0.25, 0.3) is 0 Å². The van der Waals surface area contributed by atoms with E-state index in [2.05, 4.69) is 198 Å². The lowest BCUT2D eigenvalue weighted by atomic mass is 9.59. The lowest BCUT2D eigenvalue weighted by molar-refractivity contribution is 0.350. The molecule has 498 valence electrons. The van der Waals surface area contributed by atoms with Gasteiger partial charge in [0, 0.05) is 73.1 Å². The molecule has 3 aromatic heterocycles. The van der Waals surface area contributed by atoms with E-state index in [1.807, 2.05) is 23.5 Å². The molecule has 6 heterocycles. The summed E-state index contributed by atoms with van der Waals surface area (Å²) in [6.07, 6.45) is 29.9. The van der Waals surface area contributed by atoms with Gasteiger partial charge >= 0.3 is 0 Å². The first-order valence-electron chi connectivity index (χ1n) is 37.3. The highest BCUT2D eigenvalue weighted by Gasteiger charge is 2.68. The topological polar surface area (TPSA) is 0 Å². The number of aryl methyl sites for hydroxylation is 3. The molecule has 8 aromatic rings. The predicted octanol–water partition coefficient (Wildman–Crippen LogP) is 27.3. The van der Waals surface area contributed by atoms with Crippen molar-refractivity contribution in [2.24, 2.45) is 17.8 Å². The molecule has 0 spiro atoms. The molecule has 0 amide bonds. The lowest BCUT2D eigenvalue weighted by Crippen LogP contribution is -2.38. The van der Waals surface area contributed by atoms with Gasteiger partial charge in [-0.1, -0.05) is 261 Å². The Kier molecular flexibility index (Phi) is 22.7. The molecule has 3 aliphatic heterocycles. The maximum absolute atomic E-state index is 18.0. The van der Waals surface area contributed by atoms with Crippen LogP contribution in [-0.4, -0.2) is 16.3 Å². The average Bonchev–Trinajstić information content (AvgIpc) is 1.49. The third-order valence-electron chi connectivity index (χ3n) is 23.1. The highest BCUT2D eigenvalue weighted by molar-refractivity contribution is 8.04. The minimum absolute atomic E-state index is 0.0229. The van der Waals surface area contributed by atoms with Crippen molar-refractivity contribution in [3.05, 3.63) is 209 Å². The van der Waals surface area contributed by atoms with E-state index in [0.717, 1.165) is 102 Å². The molecule has 9 unspecified atom stereocenters. The van der Waals surface area contributed by atoms with Gasteiger partial charge in [0.2, 0.25) is 0 Å². The summed E-state index contributed by atoms with van der Waals surface area (Å²) in [6.45, 7) is 16.1. The average molecular weight is 1370 g/mol. The smallest absolute Gasteiger partial charge is 0.137 e. The van der Waals surface area contributed by atoms with Gasteiger partial charge in [-0.3, -0.25) is 0 Å². The van der Waals surface area contributed by atoms with Crippen LogP contribution in [0.2, 0.25) is 0 Å². The first kappa shape index (κ1) is 68.6. The monoisotopic (exact) mass is 1370 g/mol. The number of halogens is 2. The van der Waals surface area contributed by atoms with Crippen LogP contribution in [-0.2, 0) is 42.9 Å². The van der Waals surface area contributed by atoms with Gasteiger partial charge in [0.05, 0.1) is 10.7 Å². The van der Waals surface area contributed by atoms with Crippen molar-refractivity contribution in [2.45, 2.75) is 264 Å². The Morgan fingerprint density at radius 3 is 1.44 bits per heavy atom. The normalized spacial score (nSPS) is 21.9. The first-order chi connectivity index (χ1) is 46.2. The SMILES string of the molecule is CCCCCCc1ccc(C2(c3ccccc3)c3ccsc3C3Sc4c(-c5cc(F)c(CC(CC)CCCC)s5)c5c(c(-c6cc(F)c(CC(CC)CCCC)s6)c4C32)SC2C3SCCC3C(c3ccc(CCCCCC)cc3)(c3ccc(CCCCCC)cc3)C52)cc1. The number of rotatable bonds is 33. The second kappa shape index (κ2) is 31.1. The summed E-state index contributed by atoms with van der Waals surface area (Å²) in [4.78, 5) is 8.15. The fraction of sp³-hybridized carbons (Fsp3) is 0.512. The molecular weight excluding hydrogens is 1260 g/mol. The molecule has 94 heavy (non-hydrogen) atoms. The maximum atomic E-state index is 18.0. The zero-order chi connectivity index (χ0) is 64.9. The summed E-state index contributed by atoms with van der Waals surface area (Å²) in [5, 5.41) is 3.09. The summed E-state index contributed by atoms with van der Waals surface area (Å²) in [6, 6.07) is 48.4. The van der Waals surface area contributed by atoms with Gasteiger partial charge in [-0.15, -0.1) is 57.5 Å². The molecule has 5 aliphatic rings. The van der Waals surface area contributed by atoms with E-state index in [9.17, 15) is 0 Å². The Labute approximate surface area is 589 Å². The molecule has 0 N–H and O–H groups in total. The second-order valence-corrected chi connectivity index (χ2v) is 35.7. The minimum atomic E-state index is -0.558. The summed E-state index contributed by atoms with van der Waals surface area (Å²) < 4.78 is 35.9. The zero-order valence-corrected chi connectivity index (χ0v) is 62.4. The van der Waals surface area contributed by atoms with Crippen LogP contribution in [0.25, 0.3) is 20.9 Å². The van der Waals surface area contributed by atoms with Gasteiger partial charge in [-0.25, -0.2) is 8.78 Å². The van der Waals surface area contributed by atoms with Crippen LogP contribution in [0.1, 0.15) is 271 Å². The summed E-state index contributed by atoms with van der Waals surface area (Å²) in [7, 11) is 0. The molecule has 9 atom stereocenters. The summed E-state index contributed by atoms with van der Waals surface area (Å²) >= 11 is 12.0. The number of thioether (sulfide) groups is 3. The first-order valence-corrected chi connectivity index (χ1v) is 42.7. The minimum Gasteiger partial charge on any atom is -0.206 e. The quantitative estimate of drug-likeness (QED) is 0.0376. The van der Waals surface area contributed by atoms with Gasteiger partial charge < -0.3 is 0 Å². The fourth-order valence-electron chi connectivity index (χ4n) is 18.2. The molecule has 0 bridgehead atoms. The molecule has 1 saturated carbocycles. The van der Waals surface area contributed by atoms with Crippen molar-refractivity contribution < 1.29 is 8.78 Å². The van der Waals surface area contributed by atoms with Crippen LogP contribution < -0.4 is 0 Å². The maximum Gasteiger partial charge on any atom is 0.137 e. The summed E-state index contributed by atoms with van der Waals surface area (Å²) in [5.41, 5.74) is 15.7. The van der Waals surface area contributed by atoms with Gasteiger partial charge in [0.1, 0.15) is 11.6 Å². The van der Waals surface area contributed by atoms with E-state index >= 15 is 8.78 Å². The Morgan fingerprint density at radius 2 is 0.947 bits per heavy atom. The number of hydrogen-bond donors (Lipinski definition) is 0. The van der Waals surface area contributed by atoms with Crippen LogP contribution in [0.15, 0.2) is 136 Å². The molecule has 1 saturated heterocycles. The fourth-order valence-corrected chi connectivity index (χ4v) is 27.5. The zero-order valence-electron chi connectivity index (χ0n) is 57.5. The van der Waals surface area contributed by atoms with Crippen molar-refractivity contribution in [3.8, 4) is 20.9 Å². The van der Waals surface area contributed by atoms with E-state index in [0.29, 0.717) is 23.0 Å². The third-order valence-corrected chi connectivity index (χ3v) is 31.1. The van der Waals surface area contributed by atoms with Crippen LogP contribution in [0.3, 0.4) is 0 Å². The lowest BCUT2D eigenvalue weighted by Gasteiger charge is -2.43. The molecule has 5 aromatic carbocycles. The Bertz CT molecular complexity index is 3720. The molecule has 13 rings (SSSR count). The van der Waals surface area contributed by atoms with E-state index in [-0.39, 0.29) is 39.4 Å². The number of fused-ring (bicyclic) bond motifs is 10. The van der Waals surface area contributed by atoms with Gasteiger partial charge in [0.15, 0.2) is 0 Å². The van der Waals surface area contributed by atoms with Crippen molar-refractivity contribution >= 4 is 69.3 Å². The highest BCUT2D eigenvalue weighted by atomic mass is 32.2.